The molecule has 1 heterocycles. The van der Waals surface area contributed by atoms with Crippen LogP contribution in [0.25, 0.3) is 0 Å². The van der Waals surface area contributed by atoms with Gasteiger partial charge in [-0.3, -0.25) is 0 Å². The third-order valence-electron chi connectivity index (χ3n) is 2.63. The standard InChI is InChI=1S/C11H16N2OS/c12-10-4-6-11(7-5-10)15(14)13-8-2-1-3-9-13/h4-7H,1-3,8-9,12H2. The minimum Gasteiger partial charge on any atom is -0.399 e. The van der Waals surface area contributed by atoms with E-state index >= 15 is 0 Å². The maximum Gasteiger partial charge on any atom is 0.127 e. The molecule has 82 valence electrons. The molecule has 2 N–H and O–H groups in total. The van der Waals surface area contributed by atoms with Crippen molar-refractivity contribution >= 4 is 16.7 Å². The Hall–Kier alpha value is -0.870. The van der Waals surface area contributed by atoms with Crippen molar-refractivity contribution in [3.63, 3.8) is 0 Å². The highest BCUT2D eigenvalue weighted by molar-refractivity contribution is 7.82. The largest absolute Gasteiger partial charge is 0.399 e. The second-order valence-corrected chi connectivity index (χ2v) is 5.29. The summed E-state index contributed by atoms with van der Waals surface area (Å²) in [5.74, 6) is 0. The van der Waals surface area contributed by atoms with Crippen molar-refractivity contribution in [1.82, 2.24) is 4.31 Å². The molecule has 1 saturated heterocycles. The van der Waals surface area contributed by atoms with Gasteiger partial charge in [-0.2, -0.15) is 0 Å². The molecular weight excluding hydrogens is 208 g/mol. The Morgan fingerprint density at radius 2 is 1.67 bits per heavy atom. The second-order valence-electron chi connectivity index (χ2n) is 3.81. The summed E-state index contributed by atoms with van der Waals surface area (Å²) in [6.45, 7) is 1.88. The summed E-state index contributed by atoms with van der Waals surface area (Å²) in [5, 5.41) is 0. The van der Waals surface area contributed by atoms with Gasteiger partial charge in [0, 0.05) is 18.8 Å². The molecule has 1 aromatic rings. The molecule has 4 heteroatoms. The van der Waals surface area contributed by atoms with E-state index in [0.717, 1.165) is 36.5 Å². The molecule has 1 aromatic carbocycles. The first-order chi connectivity index (χ1) is 7.27. The SMILES string of the molecule is Nc1ccc(S(=O)N2CCCCC2)cc1. The second kappa shape index (κ2) is 4.77. The lowest BCUT2D eigenvalue weighted by Gasteiger charge is -2.24. The van der Waals surface area contributed by atoms with E-state index in [4.69, 9.17) is 5.73 Å². The van der Waals surface area contributed by atoms with Gasteiger partial charge in [0.05, 0.1) is 4.90 Å². The first kappa shape index (κ1) is 10.6. The first-order valence-corrected chi connectivity index (χ1v) is 6.40. The zero-order valence-corrected chi connectivity index (χ0v) is 9.50. The van der Waals surface area contributed by atoms with E-state index in [0.29, 0.717) is 0 Å². The van der Waals surface area contributed by atoms with Crippen LogP contribution in [0.2, 0.25) is 0 Å². The summed E-state index contributed by atoms with van der Waals surface area (Å²) >= 11 is 0. The van der Waals surface area contributed by atoms with Crippen LogP contribution in [0.3, 0.4) is 0 Å². The van der Waals surface area contributed by atoms with Gasteiger partial charge in [-0.25, -0.2) is 8.51 Å². The average molecular weight is 224 g/mol. The van der Waals surface area contributed by atoms with Gasteiger partial charge in [-0.15, -0.1) is 0 Å². The van der Waals surface area contributed by atoms with Crippen LogP contribution < -0.4 is 5.73 Å². The van der Waals surface area contributed by atoms with Crippen LogP contribution in [-0.2, 0) is 11.0 Å². The van der Waals surface area contributed by atoms with E-state index in [1.54, 1.807) is 12.1 Å². The highest BCUT2D eigenvalue weighted by Gasteiger charge is 2.17. The summed E-state index contributed by atoms with van der Waals surface area (Å²) in [5.41, 5.74) is 6.31. The highest BCUT2D eigenvalue weighted by atomic mass is 32.2. The Kier molecular flexibility index (Phi) is 3.38. The minimum absolute atomic E-state index is 0.717. The highest BCUT2D eigenvalue weighted by Crippen LogP contribution is 2.17. The summed E-state index contributed by atoms with van der Waals surface area (Å²) in [4.78, 5) is 0.853. The van der Waals surface area contributed by atoms with E-state index in [-0.39, 0.29) is 0 Å². The predicted octanol–water partition coefficient (Wildman–Crippen LogP) is 1.78. The Labute approximate surface area is 92.9 Å². The lowest BCUT2D eigenvalue weighted by Crippen LogP contribution is -2.31. The number of nitrogen functional groups attached to an aromatic ring is 1. The number of anilines is 1. The van der Waals surface area contributed by atoms with Gasteiger partial charge in [0.1, 0.15) is 11.0 Å². The van der Waals surface area contributed by atoms with Crippen molar-refractivity contribution in [3.8, 4) is 0 Å². The molecule has 1 aliphatic rings. The van der Waals surface area contributed by atoms with Crippen molar-refractivity contribution in [2.24, 2.45) is 0 Å². The lowest BCUT2D eigenvalue weighted by atomic mass is 10.2. The van der Waals surface area contributed by atoms with Crippen LogP contribution in [0, 0.1) is 0 Å². The molecule has 0 radical (unpaired) electrons. The topological polar surface area (TPSA) is 46.3 Å². The average Bonchev–Trinajstić information content (AvgIpc) is 2.30. The Balaban J connectivity index is 2.09. The maximum atomic E-state index is 12.1. The van der Waals surface area contributed by atoms with Crippen molar-refractivity contribution in [2.75, 3.05) is 18.8 Å². The fraction of sp³-hybridized carbons (Fsp3) is 0.455. The van der Waals surface area contributed by atoms with Crippen LogP contribution in [0.1, 0.15) is 19.3 Å². The van der Waals surface area contributed by atoms with Crippen molar-refractivity contribution < 1.29 is 4.21 Å². The molecule has 15 heavy (non-hydrogen) atoms. The number of hydrogen-bond acceptors (Lipinski definition) is 2. The molecule has 0 amide bonds. The third kappa shape index (κ3) is 2.58. The molecule has 1 unspecified atom stereocenters. The molecule has 1 aliphatic heterocycles. The van der Waals surface area contributed by atoms with Gasteiger partial charge < -0.3 is 5.73 Å². The summed E-state index contributed by atoms with van der Waals surface area (Å²) < 4.78 is 14.1. The van der Waals surface area contributed by atoms with E-state index in [1.807, 2.05) is 16.4 Å². The van der Waals surface area contributed by atoms with Crippen LogP contribution in [0.15, 0.2) is 29.2 Å². The molecule has 0 bridgehead atoms. The fourth-order valence-corrected chi connectivity index (χ4v) is 3.02. The van der Waals surface area contributed by atoms with Crippen LogP contribution in [-0.4, -0.2) is 21.6 Å². The molecule has 0 aromatic heterocycles. The monoisotopic (exact) mass is 224 g/mol. The van der Waals surface area contributed by atoms with E-state index in [1.165, 1.54) is 6.42 Å². The van der Waals surface area contributed by atoms with Gasteiger partial charge >= 0.3 is 0 Å². The van der Waals surface area contributed by atoms with Crippen molar-refractivity contribution in [1.29, 1.82) is 0 Å². The normalized spacial score (nSPS) is 20.0. The van der Waals surface area contributed by atoms with Gasteiger partial charge in [0.2, 0.25) is 0 Å². The third-order valence-corrected chi connectivity index (χ3v) is 4.14. The van der Waals surface area contributed by atoms with Crippen LogP contribution in [0.5, 0.6) is 0 Å². The minimum atomic E-state index is -1.00. The van der Waals surface area contributed by atoms with Gasteiger partial charge in [-0.05, 0) is 37.1 Å². The maximum absolute atomic E-state index is 12.1. The Morgan fingerprint density at radius 3 is 2.27 bits per heavy atom. The molecule has 2 rings (SSSR count). The number of nitrogens with zero attached hydrogens (tertiary/aromatic N) is 1. The molecule has 1 fully saturated rings. The molecule has 0 saturated carbocycles. The Morgan fingerprint density at radius 1 is 1.07 bits per heavy atom. The summed E-state index contributed by atoms with van der Waals surface area (Å²) in [7, 11) is -1.00. The van der Waals surface area contributed by atoms with Crippen LogP contribution >= 0.6 is 0 Å². The predicted molar refractivity (Wildman–Crippen MR) is 62.7 cm³/mol. The number of nitrogens with two attached hydrogens (primary N) is 1. The van der Waals surface area contributed by atoms with Crippen molar-refractivity contribution in [2.45, 2.75) is 24.2 Å². The molecule has 0 spiro atoms. The molecular formula is C11H16N2OS. The molecule has 0 aliphatic carbocycles. The van der Waals surface area contributed by atoms with Crippen LogP contribution in [0.4, 0.5) is 5.69 Å². The Bertz CT molecular complexity index is 344. The lowest BCUT2D eigenvalue weighted by molar-refractivity contribution is 0.365. The van der Waals surface area contributed by atoms with Gasteiger partial charge in [-0.1, -0.05) is 6.42 Å². The van der Waals surface area contributed by atoms with Crippen molar-refractivity contribution in [3.05, 3.63) is 24.3 Å². The summed E-state index contributed by atoms with van der Waals surface area (Å²) in [6, 6.07) is 7.30. The smallest absolute Gasteiger partial charge is 0.127 e. The van der Waals surface area contributed by atoms with Gasteiger partial charge in [0.15, 0.2) is 0 Å². The number of hydrogen-bond donors (Lipinski definition) is 1. The first-order valence-electron chi connectivity index (χ1n) is 5.30. The van der Waals surface area contributed by atoms with E-state index < -0.39 is 11.0 Å². The van der Waals surface area contributed by atoms with E-state index in [2.05, 4.69) is 0 Å². The number of piperidine rings is 1. The molecule has 3 nitrogen and oxygen atoms in total. The van der Waals surface area contributed by atoms with E-state index in [9.17, 15) is 4.21 Å². The fourth-order valence-electron chi connectivity index (χ4n) is 1.76. The quantitative estimate of drug-likeness (QED) is 0.778. The zero-order valence-electron chi connectivity index (χ0n) is 8.69. The number of rotatable bonds is 2. The van der Waals surface area contributed by atoms with Gasteiger partial charge in [0.25, 0.3) is 0 Å². The molecule has 1 atom stereocenters. The zero-order chi connectivity index (χ0) is 10.7. The summed E-state index contributed by atoms with van der Waals surface area (Å²) in [6.07, 6.45) is 3.57. The number of benzene rings is 1.